The van der Waals surface area contributed by atoms with Crippen LogP contribution >= 0.6 is 0 Å². The maximum absolute atomic E-state index is 13.6. The molecule has 0 aliphatic carbocycles. The van der Waals surface area contributed by atoms with Gasteiger partial charge in [-0.15, -0.1) is 0 Å². The highest BCUT2D eigenvalue weighted by atomic mass is 32.2. The van der Waals surface area contributed by atoms with E-state index < -0.39 is 10.0 Å². The minimum Gasteiger partial charge on any atom is -0.482 e. The van der Waals surface area contributed by atoms with Crippen molar-refractivity contribution in [3.05, 3.63) is 42.1 Å². The molecule has 0 spiro atoms. The number of fused-ring (bicyclic) bond motifs is 2. The van der Waals surface area contributed by atoms with Gasteiger partial charge in [-0.2, -0.15) is 17.6 Å². The van der Waals surface area contributed by atoms with Crippen molar-refractivity contribution in [3.8, 4) is 5.75 Å². The van der Waals surface area contributed by atoms with Crippen LogP contribution in [-0.2, 0) is 21.2 Å². The lowest BCUT2D eigenvalue weighted by Gasteiger charge is -2.29. The minimum absolute atomic E-state index is 0.0386. The summed E-state index contributed by atoms with van der Waals surface area (Å²) in [5, 5.41) is 11.3. The van der Waals surface area contributed by atoms with E-state index in [1.807, 2.05) is 25.1 Å². The van der Waals surface area contributed by atoms with Crippen LogP contribution in [0.25, 0.3) is 10.9 Å². The van der Waals surface area contributed by atoms with E-state index in [4.69, 9.17) is 4.74 Å². The molecular weight excluding hydrogens is 418 g/mol. The maximum Gasteiger partial charge on any atom is 0.283 e. The number of aryl methyl sites for hydroxylation is 1. The van der Waals surface area contributed by atoms with Gasteiger partial charge in [0.2, 0.25) is 0 Å². The van der Waals surface area contributed by atoms with E-state index in [-0.39, 0.29) is 17.4 Å². The molecule has 2 aliphatic heterocycles. The van der Waals surface area contributed by atoms with E-state index in [2.05, 4.69) is 20.6 Å². The van der Waals surface area contributed by atoms with Crippen molar-refractivity contribution < 1.29 is 17.9 Å². The monoisotopic (exact) mass is 441 g/mol. The van der Waals surface area contributed by atoms with Gasteiger partial charge in [0, 0.05) is 37.3 Å². The molecule has 5 rings (SSSR count). The van der Waals surface area contributed by atoms with E-state index in [9.17, 15) is 13.2 Å². The van der Waals surface area contributed by atoms with Gasteiger partial charge < -0.3 is 20.3 Å². The molecule has 2 aromatic carbocycles. The Balaban J connectivity index is 1.62. The number of carbonyl (C=O) groups excluding carboxylic acids is 1. The summed E-state index contributed by atoms with van der Waals surface area (Å²) < 4.78 is 33.6. The third-order valence-electron chi connectivity index (χ3n) is 5.64. The van der Waals surface area contributed by atoms with Crippen molar-refractivity contribution >= 4 is 38.2 Å². The molecule has 3 aromatic rings. The molecule has 9 nitrogen and oxygen atoms in total. The molecule has 2 aliphatic rings. The Morgan fingerprint density at radius 2 is 1.94 bits per heavy atom. The Labute approximate surface area is 180 Å². The number of benzene rings is 2. The molecule has 162 valence electrons. The lowest BCUT2D eigenvalue weighted by atomic mass is 10.1. The molecule has 0 unspecified atom stereocenters. The second kappa shape index (κ2) is 7.54. The van der Waals surface area contributed by atoms with Crippen LogP contribution in [0.1, 0.15) is 12.6 Å². The maximum atomic E-state index is 13.6. The number of amides is 1. The first-order valence-electron chi connectivity index (χ1n) is 10.3. The van der Waals surface area contributed by atoms with Crippen LogP contribution in [0.4, 0.5) is 11.4 Å². The van der Waals surface area contributed by atoms with E-state index >= 15 is 0 Å². The average Bonchev–Trinajstić information content (AvgIpc) is 3.18. The fourth-order valence-corrected chi connectivity index (χ4v) is 5.35. The summed E-state index contributed by atoms with van der Waals surface area (Å²) in [6.45, 7) is 5.36. The predicted octanol–water partition coefficient (Wildman–Crippen LogP) is 1.58. The standard InChI is InChI=1S/C21H23N5O4S/c1-2-17-16-5-3-14(25-9-7-22-8-10-25)11-19(16)26(24-17)31(28,29)15-4-6-20-18(12-15)23-21(27)13-30-20/h3-6,11-12,22H,2,7-10,13H2,1H3,(H,23,27). The Bertz CT molecular complexity index is 1280. The zero-order chi connectivity index (χ0) is 21.6. The van der Waals surface area contributed by atoms with Crippen molar-refractivity contribution in [3.63, 3.8) is 0 Å². The van der Waals surface area contributed by atoms with E-state index in [1.54, 1.807) is 6.07 Å². The van der Waals surface area contributed by atoms with Crippen LogP contribution in [0.3, 0.4) is 0 Å². The van der Waals surface area contributed by atoms with Crippen LogP contribution in [0.15, 0.2) is 41.3 Å². The Hall–Kier alpha value is -3.11. The van der Waals surface area contributed by atoms with Crippen LogP contribution in [0.5, 0.6) is 5.75 Å². The van der Waals surface area contributed by atoms with Crippen molar-refractivity contribution in [1.29, 1.82) is 0 Å². The summed E-state index contributed by atoms with van der Waals surface area (Å²) in [7, 11) is -3.99. The molecule has 0 bridgehead atoms. The number of hydrogen-bond acceptors (Lipinski definition) is 7. The van der Waals surface area contributed by atoms with Gasteiger partial charge in [-0.3, -0.25) is 4.79 Å². The SMILES string of the molecule is CCc1nn(S(=O)(=O)c2ccc3c(c2)NC(=O)CO3)c2cc(N3CCNCC3)ccc12. The number of rotatable bonds is 4. The lowest BCUT2D eigenvalue weighted by Crippen LogP contribution is -2.43. The number of nitrogens with zero attached hydrogens (tertiary/aromatic N) is 3. The predicted molar refractivity (Wildman–Crippen MR) is 117 cm³/mol. The number of carbonyl (C=O) groups is 1. The first-order valence-corrected chi connectivity index (χ1v) is 11.7. The second-order valence-corrected chi connectivity index (χ2v) is 9.35. The molecule has 1 amide bonds. The minimum atomic E-state index is -3.99. The van der Waals surface area contributed by atoms with Crippen molar-refractivity contribution in [2.45, 2.75) is 18.2 Å². The van der Waals surface area contributed by atoms with E-state index in [0.29, 0.717) is 23.4 Å². The Kier molecular flexibility index (Phi) is 4.82. The third kappa shape index (κ3) is 3.41. The van der Waals surface area contributed by atoms with Gasteiger partial charge in [0.05, 0.1) is 21.8 Å². The molecule has 2 N–H and O–H groups in total. The fraction of sp³-hybridized carbons (Fsp3) is 0.333. The number of ether oxygens (including phenoxy) is 1. The van der Waals surface area contributed by atoms with E-state index in [0.717, 1.165) is 47.0 Å². The number of aromatic nitrogens is 2. The number of hydrogen-bond donors (Lipinski definition) is 2. The average molecular weight is 442 g/mol. The van der Waals surface area contributed by atoms with Crippen LogP contribution in [0.2, 0.25) is 0 Å². The molecule has 3 heterocycles. The molecule has 1 saturated heterocycles. The summed E-state index contributed by atoms with van der Waals surface area (Å²) >= 11 is 0. The molecule has 31 heavy (non-hydrogen) atoms. The lowest BCUT2D eigenvalue weighted by molar-refractivity contribution is -0.118. The first kappa shape index (κ1) is 19.8. The molecular formula is C21H23N5O4S. The van der Waals surface area contributed by atoms with Crippen molar-refractivity contribution in [2.75, 3.05) is 43.0 Å². The summed E-state index contributed by atoms with van der Waals surface area (Å²) in [5.74, 6) is 0.125. The molecule has 10 heteroatoms. The number of piperazine rings is 1. The normalized spacial score (nSPS) is 16.7. The van der Waals surface area contributed by atoms with Crippen molar-refractivity contribution in [1.82, 2.24) is 14.5 Å². The fourth-order valence-electron chi connectivity index (χ4n) is 4.03. The van der Waals surface area contributed by atoms with Gasteiger partial charge in [-0.25, -0.2) is 0 Å². The summed E-state index contributed by atoms with van der Waals surface area (Å²) in [6, 6.07) is 10.3. The van der Waals surface area contributed by atoms with Gasteiger partial charge in [0.15, 0.2) is 6.61 Å². The first-order chi connectivity index (χ1) is 15.0. The highest BCUT2D eigenvalue weighted by Crippen LogP contribution is 2.33. The highest BCUT2D eigenvalue weighted by molar-refractivity contribution is 7.90. The summed E-state index contributed by atoms with van der Waals surface area (Å²) in [4.78, 5) is 13.9. The molecule has 0 saturated carbocycles. The third-order valence-corrected chi connectivity index (χ3v) is 7.22. The van der Waals surface area contributed by atoms with E-state index in [1.165, 1.54) is 12.1 Å². The Morgan fingerprint density at radius 1 is 1.13 bits per heavy atom. The van der Waals surface area contributed by atoms with Crippen LogP contribution < -0.4 is 20.3 Å². The van der Waals surface area contributed by atoms with Crippen LogP contribution in [-0.4, -0.2) is 56.3 Å². The summed E-state index contributed by atoms with van der Waals surface area (Å²) in [6.07, 6.45) is 0.611. The van der Waals surface area contributed by atoms with Crippen molar-refractivity contribution in [2.24, 2.45) is 0 Å². The topological polar surface area (TPSA) is 106 Å². The quantitative estimate of drug-likeness (QED) is 0.633. The zero-order valence-electron chi connectivity index (χ0n) is 17.1. The molecule has 1 fully saturated rings. The molecule has 1 aromatic heterocycles. The van der Waals surface area contributed by atoms with Crippen LogP contribution in [0, 0.1) is 0 Å². The van der Waals surface area contributed by atoms with Gasteiger partial charge in [0.1, 0.15) is 5.75 Å². The Morgan fingerprint density at radius 3 is 2.71 bits per heavy atom. The van der Waals surface area contributed by atoms with Gasteiger partial charge in [0.25, 0.3) is 15.9 Å². The number of anilines is 2. The second-order valence-electron chi connectivity index (χ2n) is 7.58. The number of nitrogens with one attached hydrogen (secondary N) is 2. The smallest absolute Gasteiger partial charge is 0.283 e. The van der Waals surface area contributed by atoms with Gasteiger partial charge in [-0.1, -0.05) is 6.92 Å². The molecule has 0 radical (unpaired) electrons. The highest BCUT2D eigenvalue weighted by Gasteiger charge is 2.26. The van der Waals surface area contributed by atoms with Gasteiger partial charge >= 0.3 is 0 Å². The molecule has 0 atom stereocenters. The largest absolute Gasteiger partial charge is 0.482 e. The zero-order valence-corrected chi connectivity index (χ0v) is 17.9. The van der Waals surface area contributed by atoms with Gasteiger partial charge in [-0.05, 0) is 42.8 Å². The summed E-state index contributed by atoms with van der Waals surface area (Å²) in [5.41, 5.74) is 2.58.